The van der Waals surface area contributed by atoms with E-state index in [1.165, 1.54) is 35.2 Å². The molecule has 18 heavy (non-hydrogen) atoms. The highest BCUT2D eigenvalue weighted by Crippen LogP contribution is 2.19. The molecule has 2 aromatic rings. The van der Waals surface area contributed by atoms with Crippen LogP contribution in [0.15, 0.2) is 36.7 Å². The number of nitro groups is 1. The van der Waals surface area contributed by atoms with Crippen LogP contribution in [0.2, 0.25) is 0 Å². The van der Waals surface area contributed by atoms with Crippen molar-refractivity contribution in [1.29, 1.82) is 0 Å². The van der Waals surface area contributed by atoms with Crippen LogP contribution in [0.3, 0.4) is 0 Å². The molecule has 0 atom stereocenters. The average molecular weight is 245 g/mol. The summed E-state index contributed by atoms with van der Waals surface area (Å²) in [5.74, 6) is 0.148. The molecule has 0 aliphatic carbocycles. The maximum atomic E-state index is 12.2. The molecule has 0 spiro atoms. The van der Waals surface area contributed by atoms with Crippen LogP contribution in [0.5, 0.6) is 0 Å². The predicted octanol–water partition coefficient (Wildman–Crippen LogP) is 2.04. The molecular weight excluding hydrogens is 234 g/mol. The third kappa shape index (κ3) is 2.00. The van der Waals surface area contributed by atoms with Crippen LogP contribution >= 0.6 is 0 Å². The number of nitrogens with zero attached hydrogens (tertiary/aromatic N) is 3. The van der Waals surface area contributed by atoms with Crippen molar-refractivity contribution in [3.05, 3.63) is 58.2 Å². The normalized spacial score (nSPS) is 10.3. The van der Waals surface area contributed by atoms with Crippen molar-refractivity contribution in [2.24, 2.45) is 0 Å². The first-order valence-electron chi connectivity index (χ1n) is 5.45. The Morgan fingerprint density at radius 2 is 2.17 bits per heavy atom. The van der Waals surface area contributed by atoms with Crippen LogP contribution in [-0.2, 0) is 6.42 Å². The highest BCUT2D eigenvalue weighted by Gasteiger charge is 2.21. The smallest absolute Gasteiger partial charge is 0.269 e. The number of hydrogen-bond acceptors (Lipinski definition) is 4. The van der Waals surface area contributed by atoms with Crippen LogP contribution in [0.4, 0.5) is 5.69 Å². The first-order valence-corrected chi connectivity index (χ1v) is 5.45. The standard InChI is InChI=1S/C12H11N3O3/c1-2-11-13-7-8-14(11)12(16)9-5-3-4-6-10(9)15(17)18/h3-8H,2H2,1H3. The summed E-state index contributed by atoms with van der Waals surface area (Å²) in [4.78, 5) is 26.6. The zero-order valence-electron chi connectivity index (χ0n) is 9.74. The predicted molar refractivity (Wildman–Crippen MR) is 64.4 cm³/mol. The second kappa shape index (κ2) is 4.79. The molecule has 0 aliphatic heterocycles. The van der Waals surface area contributed by atoms with Gasteiger partial charge in [-0.1, -0.05) is 19.1 Å². The van der Waals surface area contributed by atoms with Crippen molar-refractivity contribution < 1.29 is 9.72 Å². The summed E-state index contributed by atoms with van der Waals surface area (Å²) < 4.78 is 1.34. The van der Waals surface area contributed by atoms with Gasteiger partial charge in [-0.05, 0) is 6.07 Å². The van der Waals surface area contributed by atoms with Crippen LogP contribution in [0.1, 0.15) is 23.1 Å². The molecule has 0 N–H and O–H groups in total. The lowest BCUT2D eigenvalue weighted by Crippen LogP contribution is -2.15. The van der Waals surface area contributed by atoms with Crippen molar-refractivity contribution in [2.75, 3.05) is 0 Å². The fourth-order valence-electron chi connectivity index (χ4n) is 1.72. The average Bonchev–Trinajstić information content (AvgIpc) is 2.86. The first kappa shape index (κ1) is 12.0. The van der Waals surface area contributed by atoms with E-state index in [1.54, 1.807) is 6.07 Å². The van der Waals surface area contributed by atoms with E-state index in [9.17, 15) is 14.9 Å². The van der Waals surface area contributed by atoms with Crippen molar-refractivity contribution >= 4 is 11.6 Å². The number of aryl methyl sites for hydroxylation is 1. The molecule has 2 rings (SSSR count). The maximum absolute atomic E-state index is 12.2. The van der Waals surface area contributed by atoms with Crippen LogP contribution < -0.4 is 0 Å². The summed E-state index contributed by atoms with van der Waals surface area (Å²) in [5, 5.41) is 10.9. The van der Waals surface area contributed by atoms with Gasteiger partial charge in [-0.3, -0.25) is 19.5 Å². The minimum absolute atomic E-state index is 0.0650. The molecule has 0 amide bonds. The van der Waals surface area contributed by atoms with Crippen LogP contribution in [0, 0.1) is 10.1 Å². The van der Waals surface area contributed by atoms with Gasteiger partial charge >= 0.3 is 0 Å². The zero-order valence-corrected chi connectivity index (χ0v) is 9.74. The van der Waals surface area contributed by atoms with Gasteiger partial charge in [0.05, 0.1) is 4.92 Å². The molecule has 6 nitrogen and oxygen atoms in total. The Morgan fingerprint density at radius 3 is 2.83 bits per heavy atom. The van der Waals surface area contributed by atoms with E-state index in [2.05, 4.69) is 4.98 Å². The Balaban J connectivity index is 2.50. The van der Waals surface area contributed by atoms with E-state index in [0.717, 1.165) is 0 Å². The summed E-state index contributed by atoms with van der Waals surface area (Å²) >= 11 is 0. The molecule has 0 unspecified atom stereocenters. The number of carbonyl (C=O) groups is 1. The van der Waals surface area contributed by atoms with E-state index < -0.39 is 10.8 Å². The van der Waals surface area contributed by atoms with Crippen molar-refractivity contribution in [3.8, 4) is 0 Å². The lowest BCUT2D eigenvalue weighted by atomic mass is 10.1. The second-order valence-corrected chi connectivity index (χ2v) is 3.65. The molecule has 0 bridgehead atoms. The van der Waals surface area contributed by atoms with Crippen molar-refractivity contribution in [1.82, 2.24) is 9.55 Å². The Labute approximate surface area is 103 Å². The molecule has 92 valence electrons. The number of nitro benzene ring substituents is 1. The molecule has 0 radical (unpaired) electrons. The summed E-state index contributed by atoms with van der Waals surface area (Å²) in [6.45, 7) is 1.87. The molecule has 0 saturated carbocycles. The monoisotopic (exact) mass is 245 g/mol. The number of imidazole rings is 1. The Morgan fingerprint density at radius 1 is 1.44 bits per heavy atom. The molecule has 0 aliphatic rings. The molecule has 0 saturated heterocycles. The van der Waals surface area contributed by atoms with E-state index >= 15 is 0 Å². The van der Waals surface area contributed by atoms with E-state index in [-0.39, 0.29) is 11.3 Å². The van der Waals surface area contributed by atoms with Crippen molar-refractivity contribution in [3.63, 3.8) is 0 Å². The molecule has 1 aromatic heterocycles. The first-order chi connectivity index (χ1) is 8.65. The Kier molecular flexibility index (Phi) is 3.18. The highest BCUT2D eigenvalue weighted by atomic mass is 16.6. The molecule has 6 heteroatoms. The third-order valence-corrected chi connectivity index (χ3v) is 2.58. The molecule has 1 aromatic carbocycles. The summed E-state index contributed by atoms with van der Waals surface area (Å²) in [5.41, 5.74) is -0.131. The quantitative estimate of drug-likeness (QED) is 0.612. The van der Waals surface area contributed by atoms with Gasteiger partial charge < -0.3 is 0 Å². The van der Waals surface area contributed by atoms with Gasteiger partial charge in [0, 0.05) is 24.9 Å². The SMILES string of the molecule is CCc1nccn1C(=O)c1ccccc1[N+](=O)[O-]. The second-order valence-electron chi connectivity index (χ2n) is 3.65. The van der Waals surface area contributed by atoms with E-state index in [1.807, 2.05) is 6.92 Å². The molecule has 1 heterocycles. The van der Waals surface area contributed by atoms with Gasteiger partial charge in [0.15, 0.2) is 0 Å². The number of rotatable bonds is 3. The number of aromatic nitrogens is 2. The van der Waals surface area contributed by atoms with Gasteiger partial charge in [0.2, 0.25) is 0 Å². The minimum atomic E-state index is -0.560. The highest BCUT2D eigenvalue weighted by molar-refractivity contribution is 5.99. The van der Waals surface area contributed by atoms with Gasteiger partial charge in [0.1, 0.15) is 11.4 Å². The summed E-state index contributed by atoms with van der Waals surface area (Å²) in [6, 6.07) is 5.89. The van der Waals surface area contributed by atoms with Gasteiger partial charge in [-0.2, -0.15) is 0 Å². The summed E-state index contributed by atoms with van der Waals surface area (Å²) in [6.07, 6.45) is 3.60. The molecule has 0 fully saturated rings. The number of para-hydroxylation sites is 1. The number of benzene rings is 1. The molecular formula is C12H11N3O3. The van der Waals surface area contributed by atoms with Crippen LogP contribution in [0.25, 0.3) is 0 Å². The summed E-state index contributed by atoms with van der Waals surface area (Å²) in [7, 11) is 0. The lowest BCUT2D eigenvalue weighted by molar-refractivity contribution is -0.385. The van der Waals surface area contributed by atoms with Crippen LogP contribution in [-0.4, -0.2) is 20.4 Å². The fraction of sp³-hybridized carbons (Fsp3) is 0.167. The van der Waals surface area contributed by atoms with Gasteiger partial charge in [-0.15, -0.1) is 0 Å². The zero-order chi connectivity index (χ0) is 13.1. The van der Waals surface area contributed by atoms with E-state index in [0.29, 0.717) is 12.2 Å². The van der Waals surface area contributed by atoms with Gasteiger partial charge in [-0.25, -0.2) is 4.98 Å². The minimum Gasteiger partial charge on any atom is -0.269 e. The number of hydrogen-bond donors (Lipinski definition) is 0. The fourth-order valence-corrected chi connectivity index (χ4v) is 1.72. The van der Waals surface area contributed by atoms with E-state index in [4.69, 9.17) is 0 Å². The Hall–Kier alpha value is -2.50. The van der Waals surface area contributed by atoms with Gasteiger partial charge in [0.25, 0.3) is 11.6 Å². The number of carbonyl (C=O) groups excluding carboxylic acids is 1. The largest absolute Gasteiger partial charge is 0.282 e. The lowest BCUT2D eigenvalue weighted by Gasteiger charge is -2.05. The van der Waals surface area contributed by atoms with Crippen molar-refractivity contribution in [2.45, 2.75) is 13.3 Å². The topological polar surface area (TPSA) is 78.0 Å². The third-order valence-electron chi connectivity index (χ3n) is 2.58. The maximum Gasteiger partial charge on any atom is 0.282 e. The Bertz CT molecular complexity index is 604.